The minimum Gasteiger partial charge on any atom is -0.192 e. The van der Waals surface area contributed by atoms with E-state index in [0.29, 0.717) is 11.1 Å². The van der Waals surface area contributed by atoms with E-state index in [-0.39, 0.29) is 0 Å². The van der Waals surface area contributed by atoms with Crippen LogP contribution in [0.3, 0.4) is 0 Å². The normalized spacial score (nSPS) is 12.0. The van der Waals surface area contributed by atoms with Crippen LogP contribution in [-0.2, 0) is 0 Å². The number of fused-ring (bicyclic) bond motifs is 11. The van der Waals surface area contributed by atoms with E-state index in [0.717, 1.165) is 54.6 Å². The van der Waals surface area contributed by atoms with Crippen LogP contribution in [0, 0.1) is 22.7 Å². The lowest BCUT2D eigenvalue weighted by atomic mass is 9.83. The third-order valence-corrected chi connectivity index (χ3v) is 12.0. The topological polar surface area (TPSA) is 47.6 Å². The molecule has 0 unspecified atom stereocenters. The first-order chi connectivity index (χ1) is 26.7. The van der Waals surface area contributed by atoms with E-state index >= 15 is 0 Å². The van der Waals surface area contributed by atoms with E-state index in [1.165, 1.54) is 64.6 Å². The molecule has 0 aromatic heterocycles. The molecule has 0 radical (unpaired) electrons. The molecule has 0 bridgehead atoms. The van der Waals surface area contributed by atoms with Crippen molar-refractivity contribution < 1.29 is 0 Å². The second kappa shape index (κ2) is 10.5. The predicted molar refractivity (Wildman–Crippen MR) is 227 cm³/mol. The van der Waals surface area contributed by atoms with Crippen LogP contribution in [-0.4, -0.2) is 0 Å². The highest BCUT2D eigenvalue weighted by molar-refractivity contribution is 6.44. The molecular weight excluding hydrogens is 653 g/mol. The maximum absolute atomic E-state index is 10.7. The van der Waals surface area contributed by atoms with E-state index in [2.05, 4.69) is 133 Å². The van der Waals surface area contributed by atoms with Crippen LogP contribution in [0.15, 0.2) is 158 Å². The second-order valence-corrected chi connectivity index (χ2v) is 14.5. The van der Waals surface area contributed by atoms with Crippen molar-refractivity contribution in [2.24, 2.45) is 0 Å². The molecule has 0 atom stereocenters. The lowest BCUT2D eigenvalue weighted by molar-refractivity contribution is 1.48. The number of benzene rings is 10. The summed E-state index contributed by atoms with van der Waals surface area (Å²) in [6.07, 6.45) is 0. The highest BCUT2D eigenvalue weighted by Crippen LogP contribution is 2.54. The average Bonchev–Trinajstić information content (AvgIpc) is 3.72. The first kappa shape index (κ1) is 29.1. The third kappa shape index (κ3) is 3.62. The standard InChI is InChI=1S/C52H26N2/c53-27-31-13-3-7-17-35(31)49-44-25-41-39-21-9-19-37-33-15-5-1-11-29(33)23-43(47(37)39)42(41)26-45(44)50(36-18-8-4-14-32(36)28-54)52-46-24-30-12-2-6-16-34(30)38-20-10-22-40(48(38)46)51(49)52/h1-26H. The Bertz CT molecular complexity index is 3690. The fourth-order valence-corrected chi connectivity index (χ4v) is 9.84. The number of hydrogen-bond acceptors (Lipinski definition) is 2. The van der Waals surface area contributed by atoms with Gasteiger partial charge in [0.25, 0.3) is 0 Å². The lowest BCUT2D eigenvalue weighted by Gasteiger charge is -2.18. The van der Waals surface area contributed by atoms with E-state index in [1.807, 2.05) is 36.4 Å². The molecule has 0 heterocycles. The van der Waals surface area contributed by atoms with Crippen molar-refractivity contribution in [3.63, 3.8) is 0 Å². The monoisotopic (exact) mass is 678 g/mol. The predicted octanol–water partition coefficient (Wildman–Crippen LogP) is 14.0. The van der Waals surface area contributed by atoms with Gasteiger partial charge in [0.15, 0.2) is 0 Å². The highest BCUT2D eigenvalue weighted by Gasteiger charge is 2.27. The smallest absolute Gasteiger partial charge is 0.0998 e. The molecular formula is C52H26N2. The minimum absolute atomic E-state index is 0.635. The van der Waals surface area contributed by atoms with Crippen LogP contribution >= 0.6 is 0 Å². The zero-order valence-electron chi connectivity index (χ0n) is 28.9. The van der Waals surface area contributed by atoms with Gasteiger partial charge in [0.1, 0.15) is 0 Å². The van der Waals surface area contributed by atoms with Gasteiger partial charge < -0.3 is 0 Å². The zero-order chi connectivity index (χ0) is 35.7. The summed E-state index contributed by atoms with van der Waals surface area (Å²) in [7, 11) is 0. The van der Waals surface area contributed by atoms with E-state index in [4.69, 9.17) is 0 Å². The van der Waals surface area contributed by atoms with Crippen LogP contribution in [0.2, 0.25) is 0 Å². The number of nitriles is 2. The van der Waals surface area contributed by atoms with E-state index in [9.17, 15) is 10.5 Å². The number of rotatable bonds is 2. The Balaban J connectivity index is 1.43. The van der Waals surface area contributed by atoms with Gasteiger partial charge >= 0.3 is 0 Å². The van der Waals surface area contributed by atoms with E-state index in [1.54, 1.807) is 0 Å². The Kier molecular flexibility index (Phi) is 5.67. The molecule has 0 amide bonds. The number of hydrogen-bond donors (Lipinski definition) is 0. The maximum atomic E-state index is 10.7. The quantitative estimate of drug-likeness (QED) is 0.171. The van der Waals surface area contributed by atoms with Gasteiger partial charge in [0.05, 0.1) is 23.3 Å². The molecule has 54 heavy (non-hydrogen) atoms. The largest absolute Gasteiger partial charge is 0.192 e. The Labute approximate surface area is 309 Å². The molecule has 0 aliphatic carbocycles. The summed E-state index contributed by atoms with van der Waals surface area (Å²) in [5.41, 5.74) is 5.20. The molecule has 0 fully saturated rings. The van der Waals surface area contributed by atoms with Gasteiger partial charge in [-0.3, -0.25) is 0 Å². The highest BCUT2D eigenvalue weighted by atomic mass is 14.3. The Morgan fingerprint density at radius 3 is 1.26 bits per heavy atom. The van der Waals surface area contributed by atoms with Gasteiger partial charge in [0.2, 0.25) is 0 Å². The van der Waals surface area contributed by atoms with Crippen molar-refractivity contribution in [2.45, 2.75) is 0 Å². The molecule has 12 rings (SSSR count). The summed E-state index contributed by atoms with van der Waals surface area (Å²) in [6.45, 7) is 0. The van der Waals surface area contributed by atoms with Crippen molar-refractivity contribution in [2.75, 3.05) is 0 Å². The second-order valence-electron chi connectivity index (χ2n) is 14.5. The van der Waals surface area contributed by atoms with Crippen molar-refractivity contribution in [3.05, 3.63) is 169 Å². The Hall–Kier alpha value is -7.52. The molecule has 12 aromatic carbocycles. The maximum Gasteiger partial charge on any atom is 0.0998 e. The van der Waals surface area contributed by atoms with Gasteiger partial charge in [-0.2, -0.15) is 10.5 Å². The summed E-state index contributed by atoms with van der Waals surface area (Å²) in [6, 6.07) is 61.2. The summed E-state index contributed by atoms with van der Waals surface area (Å²) >= 11 is 0. The van der Waals surface area contributed by atoms with Crippen molar-refractivity contribution in [1.82, 2.24) is 0 Å². The van der Waals surface area contributed by atoms with Crippen LogP contribution in [0.4, 0.5) is 0 Å². The average molecular weight is 679 g/mol. The van der Waals surface area contributed by atoms with Gasteiger partial charge in [-0.05, 0) is 144 Å². The molecule has 2 heteroatoms. The summed E-state index contributed by atoms with van der Waals surface area (Å²) in [5, 5.41) is 42.6. The summed E-state index contributed by atoms with van der Waals surface area (Å²) < 4.78 is 0. The van der Waals surface area contributed by atoms with Gasteiger partial charge in [0, 0.05) is 11.1 Å². The zero-order valence-corrected chi connectivity index (χ0v) is 28.9. The minimum atomic E-state index is 0.635. The first-order valence-corrected chi connectivity index (χ1v) is 18.3. The fourth-order valence-electron chi connectivity index (χ4n) is 9.84. The third-order valence-electron chi connectivity index (χ3n) is 12.0. The molecule has 244 valence electrons. The Morgan fingerprint density at radius 1 is 0.278 bits per heavy atom. The molecule has 0 aliphatic rings. The number of nitrogens with zero attached hydrogens (tertiary/aromatic N) is 2. The molecule has 2 nitrogen and oxygen atoms in total. The molecule has 0 saturated heterocycles. The molecule has 0 spiro atoms. The summed E-state index contributed by atoms with van der Waals surface area (Å²) in [5.74, 6) is 0. The molecule has 12 aromatic rings. The van der Waals surface area contributed by atoms with Crippen LogP contribution in [0.25, 0.3) is 119 Å². The van der Waals surface area contributed by atoms with Crippen molar-refractivity contribution >= 4 is 97.0 Å². The fraction of sp³-hybridized carbons (Fsp3) is 0. The first-order valence-electron chi connectivity index (χ1n) is 18.3. The SMILES string of the molecule is N#Cc1ccccc1-c1c2cc3c(cc2c(-c2ccccc2C#N)c2c4cc5ccccc5c5cccc(c12)c54)c1cc2ccccc2c2cccc3c21. The lowest BCUT2D eigenvalue weighted by Crippen LogP contribution is -1.93. The van der Waals surface area contributed by atoms with Gasteiger partial charge in [-0.25, -0.2) is 0 Å². The molecule has 0 aliphatic heterocycles. The van der Waals surface area contributed by atoms with Crippen molar-refractivity contribution in [1.29, 1.82) is 10.5 Å². The van der Waals surface area contributed by atoms with Gasteiger partial charge in [-0.1, -0.05) is 121 Å². The molecule has 0 saturated carbocycles. The van der Waals surface area contributed by atoms with Crippen LogP contribution in [0.5, 0.6) is 0 Å². The molecule has 0 N–H and O–H groups in total. The van der Waals surface area contributed by atoms with Gasteiger partial charge in [-0.15, -0.1) is 0 Å². The van der Waals surface area contributed by atoms with Crippen molar-refractivity contribution in [3.8, 4) is 34.4 Å². The van der Waals surface area contributed by atoms with E-state index < -0.39 is 0 Å². The van der Waals surface area contributed by atoms with Crippen LogP contribution < -0.4 is 0 Å². The Morgan fingerprint density at radius 2 is 0.685 bits per heavy atom. The summed E-state index contributed by atoms with van der Waals surface area (Å²) in [4.78, 5) is 0. The van der Waals surface area contributed by atoms with Crippen LogP contribution in [0.1, 0.15) is 11.1 Å².